The van der Waals surface area contributed by atoms with Gasteiger partial charge in [-0.05, 0) is 80.3 Å². The molecule has 0 saturated heterocycles. The summed E-state index contributed by atoms with van der Waals surface area (Å²) in [6.45, 7) is 8.79. The van der Waals surface area contributed by atoms with Gasteiger partial charge in [0.1, 0.15) is 5.82 Å². The van der Waals surface area contributed by atoms with E-state index in [0.29, 0.717) is 6.54 Å². The molecule has 0 aliphatic carbocycles. The number of carbonyl (C=O) groups is 1. The SMILES string of the molecule is CCc1nn(-c2ccccc2)c2c1CN(C(=O)Nc1ccc(C)c(C)c1)[C@H](c1cccc(C)c1)c1cccn1-2. The molecule has 0 radical (unpaired) electrons. The highest BCUT2D eigenvalue weighted by Gasteiger charge is 2.36. The van der Waals surface area contributed by atoms with Crippen LogP contribution in [0.15, 0.2) is 91.1 Å². The Labute approximate surface area is 229 Å². The van der Waals surface area contributed by atoms with E-state index in [2.05, 4.69) is 92.3 Å². The van der Waals surface area contributed by atoms with E-state index >= 15 is 0 Å². The summed E-state index contributed by atoms with van der Waals surface area (Å²) in [5.41, 5.74) is 9.44. The number of urea groups is 1. The van der Waals surface area contributed by atoms with Crippen LogP contribution in [-0.2, 0) is 13.0 Å². The van der Waals surface area contributed by atoms with Gasteiger partial charge in [-0.1, -0.05) is 61.0 Å². The second-order valence-electron chi connectivity index (χ2n) is 10.3. The molecule has 0 spiro atoms. The number of hydrogen-bond acceptors (Lipinski definition) is 2. The van der Waals surface area contributed by atoms with E-state index in [4.69, 9.17) is 5.10 Å². The van der Waals surface area contributed by atoms with E-state index in [0.717, 1.165) is 57.3 Å². The molecular formula is C33H33N5O. The molecule has 39 heavy (non-hydrogen) atoms. The summed E-state index contributed by atoms with van der Waals surface area (Å²) in [6.07, 6.45) is 2.85. The van der Waals surface area contributed by atoms with E-state index < -0.39 is 0 Å². The fourth-order valence-electron chi connectivity index (χ4n) is 5.55. The first-order chi connectivity index (χ1) is 18.9. The Morgan fingerprint density at radius 2 is 1.74 bits per heavy atom. The molecule has 3 heterocycles. The van der Waals surface area contributed by atoms with Crippen molar-refractivity contribution >= 4 is 11.7 Å². The van der Waals surface area contributed by atoms with Crippen molar-refractivity contribution < 1.29 is 4.79 Å². The van der Waals surface area contributed by atoms with Crippen LogP contribution in [0.1, 0.15) is 52.2 Å². The highest BCUT2D eigenvalue weighted by atomic mass is 16.2. The number of rotatable bonds is 4. The third kappa shape index (κ3) is 4.42. The van der Waals surface area contributed by atoms with Crippen molar-refractivity contribution in [2.45, 2.75) is 46.7 Å². The minimum Gasteiger partial charge on any atom is -0.308 e. The van der Waals surface area contributed by atoms with Gasteiger partial charge in [0.05, 0.1) is 29.7 Å². The minimum atomic E-state index is -0.284. The highest BCUT2D eigenvalue weighted by Crippen LogP contribution is 2.39. The Morgan fingerprint density at radius 1 is 0.923 bits per heavy atom. The number of fused-ring (bicyclic) bond motifs is 3. The monoisotopic (exact) mass is 515 g/mol. The van der Waals surface area contributed by atoms with Crippen molar-refractivity contribution in [2.75, 3.05) is 5.32 Å². The lowest BCUT2D eigenvalue weighted by atomic mass is 10.00. The Bertz CT molecular complexity index is 1660. The van der Waals surface area contributed by atoms with Gasteiger partial charge < -0.3 is 14.8 Å². The zero-order valence-corrected chi connectivity index (χ0v) is 22.8. The Hall–Kier alpha value is -4.58. The molecule has 2 aromatic heterocycles. The van der Waals surface area contributed by atoms with Crippen molar-refractivity contribution in [3.8, 4) is 11.5 Å². The van der Waals surface area contributed by atoms with Crippen LogP contribution in [0.3, 0.4) is 0 Å². The van der Waals surface area contributed by atoms with E-state index in [1.165, 1.54) is 5.56 Å². The number of hydrogen-bond donors (Lipinski definition) is 1. The third-order valence-corrected chi connectivity index (χ3v) is 7.68. The van der Waals surface area contributed by atoms with Gasteiger partial charge in [-0.25, -0.2) is 9.48 Å². The average Bonchev–Trinajstić information content (AvgIpc) is 3.52. The molecule has 5 aromatic rings. The average molecular weight is 516 g/mol. The number of carbonyl (C=O) groups excluding carboxylic acids is 1. The van der Waals surface area contributed by atoms with E-state index in [9.17, 15) is 4.79 Å². The van der Waals surface area contributed by atoms with Crippen LogP contribution in [0.2, 0.25) is 0 Å². The number of aromatic nitrogens is 3. The van der Waals surface area contributed by atoms with Gasteiger partial charge in [0.15, 0.2) is 0 Å². The van der Waals surface area contributed by atoms with Crippen molar-refractivity contribution in [2.24, 2.45) is 0 Å². The number of aryl methyl sites for hydroxylation is 4. The van der Waals surface area contributed by atoms with Gasteiger partial charge in [-0.3, -0.25) is 0 Å². The third-order valence-electron chi connectivity index (χ3n) is 7.68. The normalized spacial score (nSPS) is 14.5. The predicted molar refractivity (Wildman–Crippen MR) is 156 cm³/mol. The molecule has 0 fully saturated rings. The van der Waals surface area contributed by atoms with Gasteiger partial charge in [0, 0.05) is 17.4 Å². The van der Waals surface area contributed by atoms with Gasteiger partial charge in [0.25, 0.3) is 0 Å². The summed E-state index contributed by atoms with van der Waals surface area (Å²) < 4.78 is 4.24. The van der Waals surface area contributed by atoms with Gasteiger partial charge in [0.2, 0.25) is 0 Å². The topological polar surface area (TPSA) is 55.1 Å². The zero-order chi connectivity index (χ0) is 27.1. The number of anilines is 1. The fraction of sp³-hybridized carbons (Fsp3) is 0.212. The molecule has 196 valence electrons. The van der Waals surface area contributed by atoms with Gasteiger partial charge in [-0.15, -0.1) is 0 Å². The summed E-state index contributed by atoms with van der Waals surface area (Å²) in [5, 5.41) is 8.25. The highest BCUT2D eigenvalue weighted by molar-refractivity contribution is 5.90. The Kier molecular flexibility index (Phi) is 6.31. The van der Waals surface area contributed by atoms with Gasteiger partial charge >= 0.3 is 6.03 Å². The molecule has 0 bridgehead atoms. The molecule has 6 rings (SSSR count). The van der Waals surface area contributed by atoms with Crippen molar-refractivity contribution in [3.63, 3.8) is 0 Å². The number of nitrogens with one attached hydrogen (secondary N) is 1. The van der Waals surface area contributed by atoms with Crippen molar-refractivity contribution in [1.82, 2.24) is 19.2 Å². The predicted octanol–water partition coefficient (Wildman–Crippen LogP) is 7.29. The largest absolute Gasteiger partial charge is 0.322 e. The molecule has 2 amide bonds. The first-order valence-corrected chi connectivity index (χ1v) is 13.5. The fourth-order valence-corrected chi connectivity index (χ4v) is 5.55. The van der Waals surface area contributed by atoms with Crippen LogP contribution >= 0.6 is 0 Å². The summed E-state index contributed by atoms with van der Waals surface area (Å²) in [6, 6.07) is 28.5. The van der Waals surface area contributed by atoms with Crippen LogP contribution in [0.25, 0.3) is 11.5 Å². The standard InChI is InChI=1S/C33H33N5O/c1-5-29-28-21-37(33(39)34-26-17-16-23(3)24(4)20-26)31(25-12-9-11-22(2)19-25)30-15-10-18-36(30)32(28)38(35-29)27-13-7-6-8-14-27/h6-20,31H,5,21H2,1-4H3,(H,34,39)/t31-/m1/s1. The molecule has 3 aromatic carbocycles. The maximum absolute atomic E-state index is 14.2. The molecular weight excluding hydrogens is 482 g/mol. The molecule has 6 heteroatoms. The van der Waals surface area contributed by atoms with Gasteiger partial charge in [-0.2, -0.15) is 5.10 Å². The molecule has 6 nitrogen and oxygen atoms in total. The van der Waals surface area contributed by atoms with Crippen LogP contribution in [-0.4, -0.2) is 25.3 Å². The molecule has 1 N–H and O–H groups in total. The van der Waals surface area contributed by atoms with Crippen LogP contribution in [0.4, 0.5) is 10.5 Å². The first-order valence-electron chi connectivity index (χ1n) is 13.5. The summed E-state index contributed by atoms with van der Waals surface area (Å²) in [4.78, 5) is 16.1. The first kappa shape index (κ1) is 24.7. The van der Waals surface area contributed by atoms with Crippen LogP contribution < -0.4 is 5.32 Å². The van der Waals surface area contributed by atoms with Crippen molar-refractivity contribution in [1.29, 1.82) is 0 Å². The molecule has 1 atom stereocenters. The van der Waals surface area contributed by atoms with Crippen LogP contribution in [0.5, 0.6) is 0 Å². The smallest absolute Gasteiger partial charge is 0.308 e. The van der Waals surface area contributed by atoms with Crippen LogP contribution in [0, 0.1) is 20.8 Å². The Balaban J connectivity index is 1.55. The second kappa shape index (κ2) is 9.95. The molecule has 0 saturated carbocycles. The number of nitrogens with zero attached hydrogens (tertiary/aromatic N) is 4. The molecule has 1 aliphatic rings. The lowest BCUT2D eigenvalue weighted by molar-refractivity contribution is 0.194. The molecule has 1 aliphatic heterocycles. The maximum Gasteiger partial charge on any atom is 0.322 e. The Morgan fingerprint density at radius 3 is 2.49 bits per heavy atom. The summed E-state index contributed by atoms with van der Waals surface area (Å²) in [7, 11) is 0. The lowest BCUT2D eigenvalue weighted by Gasteiger charge is -2.31. The minimum absolute atomic E-state index is 0.139. The number of benzene rings is 3. The lowest BCUT2D eigenvalue weighted by Crippen LogP contribution is -2.38. The maximum atomic E-state index is 14.2. The second-order valence-corrected chi connectivity index (χ2v) is 10.3. The summed E-state index contributed by atoms with van der Waals surface area (Å²) >= 11 is 0. The van der Waals surface area contributed by atoms with Crippen molar-refractivity contribution in [3.05, 3.63) is 130 Å². The quantitative estimate of drug-likeness (QED) is 0.273. The molecule has 0 unspecified atom stereocenters. The zero-order valence-electron chi connectivity index (χ0n) is 22.8. The van der Waals surface area contributed by atoms with E-state index in [1.807, 2.05) is 46.0 Å². The summed E-state index contributed by atoms with van der Waals surface area (Å²) in [5.74, 6) is 0.984. The van der Waals surface area contributed by atoms with E-state index in [-0.39, 0.29) is 12.1 Å². The number of amides is 2. The number of para-hydroxylation sites is 1. The van der Waals surface area contributed by atoms with E-state index in [1.54, 1.807) is 0 Å².